The molecule has 0 radical (unpaired) electrons. The summed E-state index contributed by atoms with van der Waals surface area (Å²) >= 11 is 0. The second-order valence-electron chi connectivity index (χ2n) is 7.69. The molecule has 1 aliphatic rings. The minimum Gasteiger partial charge on any atom is -0.494 e. The molecule has 7 nitrogen and oxygen atoms in total. The Bertz CT molecular complexity index is 939. The fourth-order valence-electron chi connectivity index (χ4n) is 3.66. The Morgan fingerprint density at radius 3 is 2.90 bits per heavy atom. The summed E-state index contributed by atoms with van der Waals surface area (Å²) < 4.78 is 13.5. The molecule has 1 unspecified atom stereocenters. The molecule has 168 valence electrons. The van der Waals surface area contributed by atoms with Gasteiger partial charge in [-0.2, -0.15) is 0 Å². The molecule has 31 heavy (non-hydrogen) atoms. The van der Waals surface area contributed by atoms with Gasteiger partial charge in [0.1, 0.15) is 17.6 Å². The van der Waals surface area contributed by atoms with E-state index in [1.54, 1.807) is 16.7 Å². The molecule has 0 amide bonds. The summed E-state index contributed by atoms with van der Waals surface area (Å²) in [6.45, 7) is 9.55. The number of aromatic nitrogens is 1. The van der Waals surface area contributed by atoms with Crippen LogP contribution in [-0.2, 0) is 19.5 Å². The number of fused-ring (bicyclic) bond motifs is 1. The summed E-state index contributed by atoms with van der Waals surface area (Å²) in [4.78, 5) is 16.5. The van der Waals surface area contributed by atoms with Crippen molar-refractivity contribution >= 4 is 5.96 Å². The van der Waals surface area contributed by atoms with Gasteiger partial charge in [0, 0.05) is 49.4 Å². The lowest BCUT2D eigenvalue weighted by molar-refractivity contribution is 0.254. The number of pyridine rings is 1. The normalized spacial score (nSPS) is 15.3. The highest BCUT2D eigenvalue weighted by molar-refractivity contribution is 5.79. The molecular weight excluding hydrogens is 392 g/mol. The lowest BCUT2D eigenvalue weighted by Crippen LogP contribution is -2.37. The van der Waals surface area contributed by atoms with Crippen molar-refractivity contribution in [2.24, 2.45) is 4.99 Å². The van der Waals surface area contributed by atoms with E-state index in [1.165, 1.54) is 5.56 Å². The zero-order valence-electron chi connectivity index (χ0n) is 18.8. The molecular formula is C24H34N4O3. The van der Waals surface area contributed by atoms with Gasteiger partial charge in [0.25, 0.3) is 0 Å². The van der Waals surface area contributed by atoms with E-state index < -0.39 is 0 Å². The number of aliphatic imine (C=N–C) groups is 1. The molecule has 1 aromatic carbocycles. The number of nitrogens with one attached hydrogen (secondary N) is 2. The number of aryl methyl sites for hydroxylation is 1. The Balaban J connectivity index is 1.56. The Morgan fingerprint density at radius 2 is 2.13 bits per heavy atom. The average Bonchev–Trinajstić information content (AvgIpc) is 3.11. The third-order valence-electron chi connectivity index (χ3n) is 5.15. The van der Waals surface area contributed by atoms with Crippen molar-refractivity contribution in [2.45, 2.75) is 59.2 Å². The number of guanidine groups is 1. The second-order valence-corrected chi connectivity index (χ2v) is 7.69. The first kappa shape index (κ1) is 22.7. The summed E-state index contributed by atoms with van der Waals surface area (Å²) in [5.41, 5.74) is 2.27. The van der Waals surface area contributed by atoms with Crippen molar-refractivity contribution in [1.29, 1.82) is 0 Å². The van der Waals surface area contributed by atoms with Gasteiger partial charge in [-0.3, -0.25) is 4.79 Å². The molecule has 7 heteroatoms. The van der Waals surface area contributed by atoms with Crippen molar-refractivity contribution in [2.75, 3.05) is 19.7 Å². The molecule has 1 aliphatic heterocycles. The monoisotopic (exact) mass is 426 g/mol. The first-order valence-corrected chi connectivity index (χ1v) is 11.2. The number of unbranched alkanes of at least 4 members (excludes halogenated alkanes) is 1. The van der Waals surface area contributed by atoms with Crippen molar-refractivity contribution in [3.05, 3.63) is 58.0 Å². The molecule has 0 spiro atoms. The molecule has 0 bridgehead atoms. The van der Waals surface area contributed by atoms with E-state index in [4.69, 9.17) is 14.5 Å². The van der Waals surface area contributed by atoms with Gasteiger partial charge < -0.3 is 24.7 Å². The second kappa shape index (κ2) is 11.4. The van der Waals surface area contributed by atoms with Crippen molar-refractivity contribution in [1.82, 2.24) is 15.2 Å². The highest BCUT2D eigenvalue weighted by Crippen LogP contribution is 2.35. The number of rotatable bonds is 10. The summed E-state index contributed by atoms with van der Waals surface area (Å²) in [7, 11) is 0. The quantitative estimate of drug-likeness (QED) is 0.347. The molecule has 0 aliphatic carbocycles. The van der Waals surface area contributed by atoms with Crippen molar-refractivity contribution in [3.8, 4) is 11.5 Å². The van der Waals surface area contributed by atoms with Gasteiger partial charge in [-0.1, -0.05) is 6.07 Å². The third-order valence-corrected chi connectivity index (χ3v) is 5.15. The first-order valence-electron chi connectivity index (χ1n) is 11.2. The summed E-state index contributed by atoms with van der Waals surface area (Å²) in [6, 6.07) is 9.41. The highest BCUT2D eigenvalue weighted by Gasteiger charge is 2.21. The molecule has 3 rings (SSSR count). The molecule has 2 N–H and O–H groups in total. The van der Waals surface area contributed by atoms with Gasteiger partial charge in [-0.25, -0.2) is 4.99 Å². The summed E-state index contributed by atoms with van der Waals surface area (Å²) in [6.07, 6.45) is 4.82. The van der Waals surface area contributed by atoms with Gasteiger partial charge in [0.2, 0.25) is 5.56 Å². The molecule has 2 aromatic rings. The Labute approximate surface area is 184 Å². The largest absolute Gasteiger partial charge is 0.494 e. The van der Waals surface area contributed by atoms with Crippen LogP contribution < -0.4 is 25.7 Å². The predicted molar refractivity (Wildman–Crippen MR) is 124 cm³/mol. The Kier molecular flexibility index (Phi) is 8.38. The smallest absolute Gasteiger partial charge is 0.250 e. The number of hydrogen-bond acceptors (Lipinski definition) is 4. The molecule has 0 saturated heterocycles. The van der Waals surface area contributed by atoms with E-state index in [9.17, 15) is 4.79 Å². The molecule has 0 saturated carbocycles. The van der Waals surface area contributed by atoms with Crippen LogP contribution in [0.5, 0.6) is 11.5 Å². The fraction of sp³-hybridized carbons (Fsp3) is 0.500. The number of benzene rings is 1. The number of hydrogen-bond donors (Lipinski definition) is 2. The SMILES string of the molecule is CCNC(=NCc1cc2c(cc1OCC)CC(C)O2)NCCCCn1ccccc1=O. The minimum absolute atomic E-state index is 0.0446. The number of ether oxygens (including phenoxy) is 2. The van der Waals surface area contributed by atoms with Crippen LogP contribution in [0.4, 0.5) is 0 Å². The van der Waals surface area contributed by atoms with Crippen LogP contribution >= 0.6 is 0 Å². The van der Waals surface area contributed by atoms with Crippen LogP contribution in [0.1, 0.15) is 44.7 Å². The Morgan fingerprint density at radius 1 is 1.26 bits per heavy atom. The average molecular weight is 427 g/mol. The third kappa shape index (κ3) is 6.51. The van der Waals surface area contributed by atoms with Crippen LogP contribution in [0.25, 0.3) is 0 Å². The van der Waals surface area contributed by atoms with Gasteiger partial charge in [0.15, 0.2) is 5.96 Å². The maximum atomic E-state index is 11.8. The lowest BCUT2D eigenvalue weighted by atomic mass is 10.1. The van der Waals surface area contributed by atoms with E-state index >= 15 is 0 Å². The van der Waals surface area contributed by atoms with E-state index in [0.29, 0.717) is 13.2 Å². The van der Waals surface area contributed by atoms with Crippen LogP contribution in [0, 0.1) is 0 Å². The Hall–Kier alpha value is -2.96. The van der Waals surface area contributed by atoms with E-state index in [1.807, 2.05) is 19.2 Å². The van der Waals surface area contributed by atoms with Gasteiger partial charge in [0.05, 0.1) is 13.2 Å². The van der Waals surface area contributed by atoms with E-state index in [0.717, 1.165) is 61.9 Å². The fourth-order valence-corrected chi connectivity index (χ4v) is 3.66. The summed E-state index contributed by atoms with van der Waals surface area (Å²) in [5, 5.41) is 6.68. The van der Waals surface area contributed by atoms with Crippen LogP contribution in [0.3, 0.4) is 0 Å². The number of nitrogens with zero attached hydrogens (tertiary/aromatic N) is 2. The van der Waals surface area contributed by atoms with Crippen molar-refractivity contribution < 1.29 is 9.47 Å². The van der Waals surface area contributed by atoms with Gasteiger partial charge >= 0.3 is 0 Å². The molecule has 1 aromatic heterocycles. The van der Waals surface area contributed by atoms with Crippen LogP contribution in [-0.4, -0.2) is 36.3 Å². The first-order chi connectivity index (χ1) is 15.1. The topological polar surface area (TPSA) is 76.9 Å². The predicted octanol–water partition coefficient (Wildman–Crippen LogP) is 3.11. The summed E-state index contributed by atoms with van der Waals surface area (Å²) in [5.74, 6) is 2.60. The zero-order valence-corrected chi connectivity index (χ0v) is 18.8. The van der Waals surface area contributed by atoms with Gasteiger partial charge in [-0.15, -0.1) is 0 Å². The maximum absolute atomic E-state index is 11.8. The molecule has 2 heterocycles. The lowest BCUT2D eigenvalue weighted by Gasteiger charge is -2.14. The van der Waals surface area contributed by atoms with Crippen LogP contribution in [0.2, 0.25) is 0 Å². The molecule has 1 atom stereocenters. The van der Waals surface area contributed by atoms with Gasteiger partial charge in [-0.05, 0) is 51.8 Å². The molecule has 0 fully saturated rings. The van der Waals surface area contributed by atoms with E-state index in [2.05, 4.69) is 36.6 Å². The maximum Gasteiger partial charge on any atom is 0.250 e. The van der Waals surface area contributed by atoms with E-state index in [-0.39, 0.29) is 11.7 Å². The minimum atomic E-state index is 0.0446. The standard InChI is InChI=1S/C24H34N4O3/c1-4-25-24(26-11-7-9-13-28-12-8-6-10-23(28)29)27-17-20-16-22-19(14-18(3)31-22)15-21(20)30-5-2/h6,8,10,12,15-16,18H,4-5,7,9,11,13-14,17H2,1-3H3,(H2,25,26,27). The highest BCUT2D eigenvalue weighted by atomic mass is 16.5. The van der Waals surface area contributed by atoms with Crippen LogP contribution in [0.15, 0.2) is 46.3 Å². The van der Waals surface area contributed by atoms with Crippen molar-refractivity contribution in [3.63, 3.8) is 0 Å². The zero-order chi connectivity index (χ0) is 22.1.